The van der Waals surface area contributed by atoms with Crippen molar-refractivity contribution in [1.82, 2.24) is 15.1 Å². The lowest BCUT2D eigenvalue weighted by molar-refractivity contribution is -0.136. The largest absolute Gasteiger partial charge is 0.369 e. The van der Waals surface area contributed by atoms with Crippen LogP contribution in [0, 0.1) is 5.92 Å². The standard InChI is InChI=1S/C13H24N4O2/c1-10-7-15-4-6-16(10)9-12(18)17-5-2-3-11(8-17)13(14)19/h10-11,15H,2-9H2,1H3,(H2,14,19)/t10-,11?/m0/s1. The SMILES string of the molecule is C[C@H]1CNCCN1CC(=O)N1CCCC(C(N)=O)C1. The molecule has 0 aromatic heterocycles. The van der Waals surface area contributed by atoms with E-state index in [4.69, 9.17) is 5.73 Å². The highest BCUT2D eigenvalue weighted by atomic mass is 16.2. The molecule has 2 fully saturated rings. The zero-order valence-corrected chi connectivity index (χ0v) is 11.6. The molecule has 2 aliphatic rings. The van der Waals surface area contributed by atoms with Gasteiger partial charge in [-0.2, -0.15) is 0 Å². The number of carbonyl (C=O) groups is 2. The number of hydrogen-bond donors (Lipinski definition) is 2. The molecule has 2 atom stereocenters. The summed E-state index contributed by atoms with van der Waals surface area (Å²) in [6, 6.07) is 0.384. The van der Waals surface area contributed by atoms with Crippen molar-refractivity contribution in [2.75, 3.05) is 39.3 Å². The molecule has 2 heterocycles. The molecular weight excluding hydrogens is 244 g/mol. The van der Waals surface area contributed by atoms with Gasteiger partial charge in [0, 0.05) is 38.8 Å². The minimum atomic E-state index is -0.284. The summed E-state index contributed by atoms with van der Waals surface area (Å²) in [5.41, 5.74) is 5.34. The highest BCUT2D eigenvalue weighted by Crippen LogP contribution is 2.16. The summed E-state index contributed by atoms with van der Waals surface area (Å²) >= 11 is 0. The molecule has 0 spiro atoms. The van der Waals surface area contributed by atoms with Gasteiger partial charge in [0.15, 0.2) is 0 Å². The van der Waals surface area contributed by atoms with Crippen LogP contribution in [0.1, 0.15) is 19.8 Å². The van der Waals surface area contributed by atoms with E-state index in [1.807, 2.05) is 0 Å². The Morgan fingerprint density at radius 3 is 2.84 bits per heavy atom. The average molecular weight is 268 g/mol. The molecule has 6 heteroatoms. The van der Waals surface area contributed by atoms with Crippen LogP contribution in [0.2, 0.25) is 0 Å². The fraction of sp³-hybridized carbons (Fsp3) is 0.846. The van der Waals surface area contributed by atoms with E-state index in [1.165, 1.54) is 0 Å². The summed E-state index contributed by atoms with van der Waals surface area (Å²) in [7, 11) is 0. The summed E-state index contributed by atoms with van der Waals surface area (Å²) in [6.07, 6.45) is 1.68. The van der Waals surface area contributed by atoms with Crippen molar-refractivity contribution in [3.8, 4) is 0 Å². The first-order valence-electron chi connectivity index (χ1n) is 7.10. The highest BCUT2D eigenvalue weighted by Gasteiger charge is 2.29. The smallest absolute Gasteiger partial charge is 0.236 e. The zero-order valence-electron chi connectivity index (χ0n) is 11.6. The van der Waals surface area contributed by atoms with Crippen LogP contribution in [0.25, 0.3) is 0 Å². The molecule has 3 N–H and O–H groups in total. The van der Waals surface area contributed by atoms with E-state index in [1.54, 1.807) is 4.90 Å². The lowest BCUT2D eigenvalue weighted by atomic mass is 9.97. The number of likely N-dealkylation sites (tertiary alicyclic amines) is 1. The third-order valence-electron chi connectivity index (χ3n) is 4.15. The van der Waals surface area contributed by atoms with Gasteiger partial charge in [-0.15, -0.1) is 0 Å². The maximum Gasteiger partial charge on any atom is 0.236 e. The minimum Gasteiger partial charge on any atom is -0.369 e. The van der Waals surface area contributed by atoms with E-state index in [-0.39, 0.29) is 17.7 Å². The summed E-state index contributed by atoms with van der Waals surface area (Å²) in [6.45, 7) is 6.59. The van der Waals surface area contributed by atoms with Crippen LogP contribution in [0.5, 0.6) is 0 Å². The van der Waals surface area contributed by atoms with Gasteiger partial charge in [0.05, 0.1) is 12.5 Å². The van der Waals surface area contributed by atoms with Crippen molar-refractivity contribution in [1.29, 1.82) is 0 Å². The molecule has 0 bridgehead atoms. The number of primary amides is 1. The second-order valence-electron chi connectivity index (χ2n) is 5.60. The Morgan fingerprint density at radius 1 is 1.37 bits per heavy atom. The van der Waals surface area contributed by atoms with E-state index < -0.39 is 0 Å². The summed E-state index contributed by atoms with van der Waals surface area (Å²) in [5, 5.41) is 3.31. The van der Waals surface area contributed by atoms with Crippen LogP contribution in [-0.2, 0) is 9.59 Å². The number of nitrogens with one attached hydrogen (secondary N) is 1. The molecule has 2 saturated heterocycles. The van der Waals surface area contributed by atoms with E-state index >= 15 is 0 Å². The van der Waals surface area contributed by atoms with Gasteiger partial charge in [-0.3, -0.25) is 14.5 Å². The summed E-state index contributed by atoms with van der Waals surface area (Å²) in [5.74, 6) is -0.328. The molecule has 2 rings (SSSR count). The van der Waals surface area contributed by atoms with E-state index in [2.05, 4.69) is 17.1 Å². The van der Waals surface area contributed by atoms with Gasteiger partial charge >= 0.3 is 0 Å². The number of piperidine rings is 1. The molecule has 0 aromatic rings. The molecule has 1 unspecified atom stereocenters. The van der Waals surface area contributed by atoms with Gasteiger partial charge in [0.1, 0.15) is 0 Å². The third-order valence-corrected chi connectivity index (χ3v) is 4.15. The quantitative estimate of drug-likeness (QED) is 0.688. The molecule has 2 amide bonds. The monoisotopic (exact) mass is 268 g/mol. The Bertz CT molecular complexity index is 348. The fourth-order valence-corrected chi connectivity index (χ4v) is 2.83. The van der Waals surface area contributed by atoms with Crippen LogP contribution in [0.4, 0.5) is 0 Å². The van der Waals surface area contributed by atoms with E-state index in [9.17, 15) is 9.59 Å². The average Bonchev–Trinajstić information content (AvgIpc) is 2.41. The first-order chi connectivity index (χ1) is 9.08. The number of nitrogens with two attached hydrogens (primary N) is 1. The number of amides is 2. The van der Waals surface area contributed by atoms with Crippen LogP contribution in [0.3, 0.4) is 0 Å². The molecule has 19 heavy (non-hydrogen) atoms. The second kappa shape index (κ2) is 6.34. The first kappa shape index (κ1) is 14.3. The van der Waals surface area contributed by atoms with Crippen molar-refractivity contribution >= 4 is 11.8 Å². The molecule has 6 nitrogen and oxygen atoms in total. The maximum atomic E-state index is 12.3. The van der Waals surface area contributed by atoms with Gasteiger partial charge in [0.25, 0.3) is 0 Å². The van der Waals surface area contributed by atoms with Crippen LogP contribution < -0.4 is 11.1 Å². The third kappa shape index (κ3) is 3.67. The van der Waals surface area contributed by atoms with Gasteiger partial charge < -0.3 is 16.0 Å². The van der Waals surface area contributed by atoms with E-state index in [0.29, 0.717) is 19.1 Å². The van der Waals surface area contributed by atoms with Crippen LogP contribution in [-0.4, -0.2) is 66.9 Å². The number of piperazine rings is 1. The highest BCUT2D eigenvalue weighted by molar-refractivity contribution is 5.81. The summed E-state index contributed by atoms with van der Waals surface area (Å²) in [4.78, 5) is 27.5. The molecular formula is C13H24N4O2. The zero-order chi connectivity index (χ0) is 13.8. The van der Waals surface area contributed by atoms with Gasteiger partial charge in [-0.25, -0.2) is 0 Å². The van der Waals surface area contributed by atoms with Crippen LogP contribution >= 0.6 is 0 Å². The predicted octanol–water partition coefficient (Wildman–Crippen LogP) is -0.996. The molecule has 108 valence electrons. The van der Waals surface area contributed by atoms with Crippen molar-refractivity contribution in [2.45, 2.75) is 25.8 Å². The molecule has 0 saturated carbocycles. The predicted molar refractivity (Wildman–Crippen MR) is 72.4 cm³/mol. The summed E-state index contributed by atoms with van der Waals surface area (Å²) < 4.78 is 0. The van der Waals surface area contributed by atoms with Crippen molar-refractivity contribution < 1.29 is 9.59 Å². The lowest BCUT2D eigenvalue weighted by Gasteiger charge is -2.37. The first-order valence-corrected chi connectivity index (χ1v) is 7.10. The molecule has 0 radical (unpaired) electrons. The number of rotatable bonds is 3. The van der Waals surface area contributed by atoms with Gasteiger partial charge in [-0.1, -0.05) is 0 Å². The Labute approximate surface area is 114 Å². The number of carbonyl (C=O) groups excluding carboxylic acids is 2. The van der Waals surface area contributed by atoms with Crippen molar-refractivity contribution in [3.63, 3.8) is 0 Å². The van der Waals surface area contributed by atoms with E-state index in [0.717, 1.165) is 39.0 Å². The van der Waals surface area contributed by atoms with Crippen molar-refractivity contribution in [2.24, 2.45) is 11.7 Å². The number of hydrogen-bond acceptors (Lipinski definition) is 4. The lowest BCUT2D eigenvalue weighted by Crippen LogP contribution is -2.54. The Kier molecular flexibility index (Phi) is 4.76. The normalized spacial score (nSPS) is 29.2. The number of nitrogens with zero attached hydrogens (tertiary/aromatic N) is 2. The van der Waals surface area contributed by atoms with Crippen molar-refractivity contribution in [3.05, 3.63) is 0 Å². The molecule has 0 aliphatic carbocycles. The van der Waals surface area contributed by atoms with Crippen LogP contribution in [0.15, 0.2) is 0 Å². The minimum absolute atomic E-state index is 0.125. The molecule has 2 aliphatic heterocycles. The Balaban J connectivity index is 1.86. The fourth-order valence-electron chi connectivity index (χ4n) is 2.83. The van der Waals surface area contributed by atoms with Gasteiger partial charge in [-0.05, 0) is 19.8 Å². The maximum absolute atomic E-state index is 12.3. The Morgan fingerprint density at radius 2 is 2.16 bits per heavy atom. The van der Waals surface area contributed by atoms with Gasteiger partial charge in [0.2, 0.25) is 11.8 Å². The second-order valence-corrected chi connectivity index (χ2v) is 5.60. The topological polar surface area (TPSA) is 78.7 Å². The molecule has 0 aromatic carbocycles. The Hall–Kier alpha value is -1.14.